The Morgan fingerprint density at radius 1 is 1.47 bits per heavy atom. The zero-order valence-corrected chi connectivity index (χ0v) is 12.1. The van der Waals surface area contributed by atoms with Crippen molar-refractivity contribution >= 4 is 22.5 Å². The summed E-state index contributed by atoms with van der Waals surface area (Å²) in [6.07, 6.45) is 5.09. The summed E-state index contributed by atoms with van der Waals surface area (Å²) in [5.41, 5.74) is 1.71. The van der Waals surface area contributed by atoms with E-state index in [0.29, 0.717) is 11.0 Å². The molecule has 19 heavy (non-hydrogen) atoms. The Labute approximate surface area is 117 Å². The maximum Gasteiger partial charge on any atom is 0.362 e. The average molecular weight is 284 g/mol. The van der Waals surface area contributed by atoms with Crippen LogP contribution in [0.15, 0.2) is 6.20 Å². The first-order chi connectivity index (χ1) is 9.13. The molecule has 1 fully saturated rings. The van der Waals surface area contributed by atoms with E-state index in [0.717, 1.165) is 30.8 Å². The zero-order valence-electron chi connectivity index (χ0n) is 11.3. The van der Waals surface area contributed by atoms with Gasteiger partial charge in [0.2, 0.25) is 5.13 Å². The number of nitrogens with zero attached hydrogens (tertiary/aromatic N) is 3. The van der Waals surface area contributed by atoms with Gasteiger partial charge in [-0.05, 0) is 18.8 Å². The van der Waals surface area contributed by atoms with E-state index in [4.69, 9.17) is 5.21 Å². The second-order valence-electron chi connectivity index (χ2n) is 4.94. The Bertz CT molecular complexity index is 429. The summed E-state index contributed by atoms with van der Waals surface area (Å²) in [5, 5.41) is 12.9. The predicted molar refractivity (Wildman–Crippen MR) is 74.4 cm³/mol. The number of thiazole rings is 1. The second-order valence-corrected chi connectivity index (χ2v) is 5.98. The van der Waals surface area contributed by atoms with E-state index in [-0.39, 0.29) is 0 Å². The Morgan fingerprint density at radius 3 is 2.68 bits per heavy atom. The van der Waals surface area contributed by atoms with E-state index in [1.165, 1.54) is 22.8 Å². The van der Waals surface area contributed by atoms with Crippen molar-refractivity contribution in [3.05, 3.63) is 11.1 Å². The van der Waals surface area contributed by atoms with Crippen molar-refractivity contribution in [2.75, 3.05) is 18.1 Å². The van der Waals surface area contributed by atoms with Crippen LogP contribution in [0.25, 0.3) is 0 Å². The summed E-state index contributed by atoms with van der Waals surface area (Å²) < 4.78 is 0. The van der Waals surface area contributed by atoms with Crippen molar-refractivity contribution in [1.29, 1.82) is 0 Å². The van der Waals surface area contributed by atoms with Crippen molar-refractivity contribution in [3.63, 3.8) is 0 Å². The Hall–Kier alpha value is -1.18. The minimum absolute atomic E-state index is 0.381. The van der Waals surface area contributed by atoms with Gasteiger partial charge in [-0.3, -0.25) is 5.21 Å². The fraction of sp³-hybridized carbons (Fsp3) is 0.667. The summed E-state index contributed by atoms with van der Waals surface area (Å²) in [4.78, 5) is 17.3. The number of aromatic nitrogens is 1. The van der Waals surface area contributed by atoms with Gasteiger partial charge >= 0.3 is 6.03 Å². The van der Waals surface area contributed by atoms with Gasteiger partial charge in [-0.2, -0.15) is 5.01 Å². The molecule has 106 valence electrons. The lowest BCUT2D eigenvalue weighted by molar-refractivity contribution is 0.141. The van der Waals surface area contributed by atoms with Crippen LogP contribution in [-0.4, -0.2) is 34.3 Å². The molecule has 1 aromatic rings. The molecule has 0 spiro atoms. The van der Waals surface area contributed by atoms with E-state index in [9.17, 15) is 4.79 Å². The third-order valence-corrected chi connectivity index (χ3v) is 4.44. The average Bonchev–Trinajstić information content (AvgIpc) is 2.89. The highest BCUT2D eigenvalue weighted by atomic mass is 32.1. The van der Waals surface area contributed by atoms with Crippen LogP contribution >= 0.6 is 11.3 Å². The lowest BCUT2D eigenvalue weighted by Gasteiger charge is -2.34. The number of anilines is 1. The first-order valence-electron chi connectivity index (χ1n) is 6.58. The molecule has 7 heteroatoms. The van der Waals surface area contributed by atoms with Crippen LogP contribution in [0.4, 0.5) is 9.93 Å². The number of hydrazine groups is 1. The molecule has 1 saturated heterocycles. The van der Waals surface area contributed by atoms with E-state index in [1.807, 2.05) is 5.01 Å². The molecule has 0 bridgehead atoms. The minimum Gasteiger partial charge on any atom is -0.287 e. The molecule has 0 unspecified atom stereocenters. The van der Waals surface area contributed by atoms with Crippen LogP contribution in [0.1, 0.15) is 43.9 Å². The van der Waals surface area contributed by atoms with E-state index in [2.05, 4.69) is 18.8 Å². The SMILES string of the molecule is CC(C)c1cnc(N(C(=O)NO)N2CCCCC2)s1. The number of hydroxylamine groups is 1. The molecule has 0 atom stereocenters. The maximum atomic E-state index is 11.9. The number of carbonyl (C=O) groups excluding carboxylic acids is 1. The first kappa shape index (κ1) is 14.2. The smallest absolute Gasteiger partial charge is 0.287 e. The highest BCUT2D eigenvalue weighted by Gasteiger charge is 2.27. The molecule has 0 radical (unpaired) electrons. The molecule has 2 heterocycles. The van der Waals surface area contributed by atoms with Crippen molar-refractivity contribution in [2.24, 2.45) is 0 Å². The van der Waals surface area contributed by atoms with Gasteiger partial charge in [-0.1, -0.05) is 31.6 Å². The van der Waals surface area contributed by atoms with Crippen LogP contribution in [0.2, 0.25) is 0 Å². The molecule has 1 aliphatic rings. The van der Waals surface area contributed by atoms with Crippen molar-refractivity contribution in [2.45, 2.75) is 39.0 Å². The fourth-order valence-electron chi connectivity index (χ4n) is 2.10. The summed E-state index contributed by atoms with van der Waals surface area (Å²) in [7, 11) is 0. The molecule has 0 aromatic carbocycles. The zero-order chi connectivity index (χ0) is 13.8. The molecule has 0 saturated carbocycles. The Morgan fingerprint density at radius 2 is 2.16 bits per heavy atom. The highest BCUT2D eigenvalue weighted by molar-refractivity contribution is 7.15. The largest absolute Gasteiger partial charge is 0.362 e. The van der Waals surface area contributed by atoms with Crippen molar-refractivity contribution in [3.8, 4) is 0 Å². The van der Waals surface area contributed by atoms with E-state index >= 15 is 0 Å². The number of piperidine rings is 1. The van der Waals surface area contributed by atoms with Crippen LogP contribution in [-0.2, 0) is 0 Å². The maximum absolute atomic E-state index is 11.9. The number of rotatable bonds is 3. The monoisotopic (exact) mass is 284 g/mol. The van der Waals surface area contributed by atoms with Gasteiger partial charge in [0.05, 0.1) is 0 Å². The standard InChI is InChI=1S/C12H20N4O2S/c1-9(2)10-8-13-12(19-10)16(11(17)14-18)15-6-4-3-5-7-15/h8-9,18H,3-7H2,1-2H3,(H,14,17). The van der Waals surface area contributed by atoms with Gasteiger partial charge < -0.3 is 0 Å². The molecule has 6 nitrogen and oxygen atoms in total. The Kier molecular flexibility index (Phi) is 4.73. The molecule has 2 N–H and O–H groups in total. The molecule has 2 amide bonds. The first-order valence-corrected chi connectivity index (χ1v) is 7.40. The number of amides is 2. The summed E-state index contributed by atoms with van der Waals surface area (Å²) in [6, 6.07) is -0.549. The van der Waals surface area contributed by atoms with Crippen LogP contribution in [0.5, 0.6) is 0 Å². The van der Waals surface area contributed by atoms with Gasteiger partial charge in [0.15, 0.2) is 0 Å². The van der Waals surface area contributed by atoms with Crippen molar-refractivity contribution < 1.29 is 10.0 Å². The molecule has 1 aliphatic heterocycles. The van der Waals surface area contributed by atoms with Gasteiger partial charge in [-0.25, -0.2) is 20.3 Å². The minimum atomic E-state index is -0.549. The van der Waals surface area contributed by atoms with Gasteiger partial charge in [0.1, 0.15) is 0 Å². The fourth-order valence-corrected chi connectivity index (χ4v) is 3.04. The van der Waals surface area contributed by atoms with Crippen LogP contribution in [0.3, 0.4) is 0 Å². The molecule has 1 aromatic heterocycles. The summed E-state index contributed by atoms with van der Waals surface area (Å²) in [5.74, 6) is 0.381. The quantitative estimate of drug-likeness (QED) is 0.661. The lowest BCUT2D eigenvalue weighted by Crippen LogP contribution is -2.52. The van der Waals surface area contributed by atoms with E-state index in [1.54, 1.807) is 11.7 Å². The predicted octanol–water partition coefficient (Wildman–Crippen LogP) is 2.57. The lowest BCUT2D eigenvalue weighted by atomic mass is 10.2. The second kappa shape index (κ2) is 6.31. The molecular formula is C12H20N4O2S. The van der Waals surface area contributed by atoms with Crippen LogP contribution < -0.4 is 10.5 Å². The third kappa shape index (κ3) is 3.23. The summed E-state index contributed by atoms with van der Waals surface area (Å²) in [6.45, 7) is 5.80. The normalized spacial score (nSPS) is 16.6. The third-order valence-electron chi connectivity index (χ3n) is 3.16. The summed E-state index contributed by atoms with van der Waals surface area (Å²) >= 11 is 1.49. The number of urea groups is 1. The van der Waals surface area contributed by atoms with Crippen molar-refractivity contribution in [1.82, 2.24) is 15.5 Å². The van der Waals surface area contributed by atoms with Gasteiger partial charge in [-0.15, -0.1) is 0 Å². The number of hydrogen-bond acceptors (Lipinski definition) is 5. The Balaban J connectivity index is 2.22. The van der Waals surface area contributed by atoms with Gasteiger partial charge in [0, 0.05) is 24.2 Å². The number of hydrogen-bond donors (Lipinski definition) is 2. The molecule has 2 rings (SSSR count). The topological polar surface area (TPSA) is 68.7 Å². The van der Waals surface area contributed by atoms with Crippen LogP contribution in [0, 0.1) is 0 Å². The number of nitrogens with one attached hydrogen (secondary N) is 1. The number of carbonyl (C=O) groups is 1. The van der Waals surface area contributed by atoms with E-state index < -0.39 is 6.03 Å². The highest BCUT2D eigenvalue weighted by Crippen LogP contribution is 2.29. The molecule has 0 aliphatic carbocycles. The van der Waals surface area contributed by atoms with Gasteiger partial charge in [0.25, 0.3) is 0 Å². The molecular weight excluding hydrogens is 264 g/mol.